The van der Waals surface area contributed by atoms with Gasteiger partial charge in [0.1, 0.15) is 0 Å². The summed E-state index contributed by atoms with van der Waals surface area (Å²) in [5.41, 5.74) is 4.77. The van der Waals surface area contributed by atoms with Gasteiger partial charge in [-0.3, -0.25) is 9.59 Å². The Kier molecular flexibility index (Phi) is 6.15. The topological polar surface area (TPSA) is 51.2 Å². The number of carbonyl (C=O) groups excluding carboxylic acids is 2. The molecule has 0 aliphatic heterocycles. The van der Waals surface area contributed by atoms with E-state index in [9.17, 15) is 14.2 Å². The number of hydrogen-bond acceptors (Lipinski definition) is 3. The first-order chi connectivity index (χ1) is 14.1. The van der Waals surface area contributed by atoms with Crippen LogP contribution in [0.25, 0.3) is 0 Å². The van der Waals surface area contributed by atoms with Crippen LogP contribution in [0.4, 0.5) is 0 Å². The van der Waals surface area contributed by atoms with E-state index in [1.54, 1.807) is 12.2 Å². The van der Waals surface area contributed by atoms with Crippen LogP contribution in [0, 0.1) is 41.5 Å². The molecule has 30 heavy (non-hydrogen) atoms. The first-order valence-electron chi connectivity index (χ1n) is 10.3. The smallest absolute Gasteiger partial charge is 0.248 e. The lowest BCUT2D eigenvalue weighted by molar-refractivity contribution is 0.103. The third kappa shape index (κ3) is 3.79. The molecule has 1 aliphatic rings. The Labute approximate surface area is 179 Å². The highest BCUT2D eigenvalue weighted by Gasteiger charge is 2.45. The highest BCUT2D eigenvalue weighted by atomic mass is 31.2. The third-order valence-corrected chi connectivity index (χ3v) is 8.34. The second kappa shape index (κ2) is 8.32. The van der Waals surface area contributed by atoms with Gasteiger partial charge in [0.25, 0.3) is 0 Å². The fraction of sp³-hybridized carbons (Fsp3) is 0.308. The maximum absolute atomic E-state index is 14.5. The summed E-state index contributed by atoms with van der Waals surface area (Å²) in [6.45, 7) is 11.3. The van der Waals surface area contributed by atoms with Crippen LogP contribution in [-0.4, -0.2) is 11.0 Å². The van der Waals surface area contributed by atoms with Gasteiger partial charge in [-0.25, -0.2) is 0 Å². The van der Waals surface area contributed by atoms with E-state index in [0.717, 1.165) is 39.8 Å². The summed E-state index contributed by atoms with van der Waals surface area (Å²) in [5, 5.41) is 0.363. The lowest BCUT2D eigenvalue weighted by Gasteiger charge is -2.23. The minimum atomic E-state index is -4.06. The van der Waals surface area contributed by atoms with Crippen molar-refractivity contribution in [3.63, 3.8) is 0 Å². The zero-order valence-corrected chi connectivity index (χ0v) is 19.5. The molecule has 3 nitrogen and oxygen atoms in total. The Morgan fingerprint density at radius 1 is 0.700 bits per heavy atom. The Morgan fingerprint density at radius 3 is 1.43 bits per heavy atom. The van der Waals surface area contributed by atoms with E-state index in [4.69, 9.17) is 0 Å². The van der Waals surface area contributed by atoms with Crippen molar-refractivity contribution in [2.45, 2.75) is 54.4 Å². The van der Waals surface area contributed by atoms with E-state index in [-0.39, 0.29) is 0 Å². The van der Waals surface area contributed by atoms with Crippen LogP contribution in [-0.2, 0) is 4.57 Å². The highest BCUT2D eigenvalue weighted by Crippen LogP contribution is 2.61. The second-order valence-electron chi connectivity index (χ2n) is 8.38. The Bertz CT molecular complexity index is 1050. The normalized spacial score (nSPS) is 13.9. The maximum Gasteiger partial charge on any atom is 0.248 e. The van der Waals surface area contributed by atoms with Gasteiger partial charge in [0.15, 0.2) is 0 Å². The molecule has 4 heteroatoms. The molecule has 2 aromatic carbocycles. The van der Waals surface area contributed by atoms with Gasteiger partial charge in [0, 0.05) is 16.4 Å². The van der Waals surface area contributed by atoms with Crippen LogP contribution in [0.1, 0.15) is 66.9 Å². The summed E-state index contributed by atoms with van der Waals surface area (Å²) < 4.78 is 14.5. The quantitative estimate of drug-likeness (QED) is 0.484. The molecule has 1 aliphatic carbocycles. The van der Waals surface area contributed by atoms with Gasteiger partial charge in [0.2, 0.25) is 18.2 Å². The molecule has 0 unspecified atom stereocenters. The molecular formula is C26H29O3P. The predicted molar refractivity (Wildman–Crippen MR) is 124 cm³/mol. The number of hydrogen-bond donors (Lipinski definition) is 0. The number of aryl methyl sites for hydroxylation is 6. The van der Waals surface area contributed by atoms with Crippen molar-refractivity contribution >= 4 is 18.2 Å². The van der Waals surface area contributed by atoms with Crippen LogP contribution >= 0.6 is 7.14 Å². The van der Waals surface area contributed by atoms with E-state index < -0.39 is 18.2 Å². The summed E-state index contributed by atoms with van der Waals surface area (Å²) in [6, 6.07) is 7.62. The van der Waals surface area contributed by atoms with Crippen molar-refractivity contribution in [3.05, 3.63) is 92.3 Å². The molecule has 0 saturated carbocycles. The molecule has 3 rings (SSSR count). The predicted octanol–water partition coefficient (Wildman–Crippen LogP) is 7.11. The number of benzene rings is 2. The average molecular weight is 420 g/mol. The molecule has 0 aromatic heterocycles. The van der Waals surface area contributed by atoms with Crippen molar-refractivity contribution in [2.24, 2.45) is 0 Å². The van der Waals surface area contributed by atoms with Crippen molar-refractivity contribution in [1.82, 2.24) is 0 Å². The Morgan fingerprint density at radius 2 is 1.10 bits per heavy atom. The monoisotopic (exact) mass is 420 g/mol. The summed E-state index contributed by atoms with van der Waals surface area (Å²) in [4.78, 5) is 27.7. The summed E-state index contributed by atoms with van der Waals surface area (Å²) in [6.07, 6.45) is 6.89. The summed E-state index contributed by atoms with van der Waals surface area (Å²) in [5.74, 6) is 0. The fourth-order valence-electron chi connectivity index (χ4n) is 4.51. The Balaban J connectivity index is 2.28. The minimum absolute atomic E-state index is 0.363. The molecule has 0 spiro atoms. The van der Waals surface area contributed by atoms with E-state index in [2.05, 4.69) is 0 Å². The summed E-state index contributed by atoms with van der Waals surface area (Å²) >= 11 is 0. The van der Waals surface area contributed by atoms with Crippen LogP contribution in [0.15, 0.2) is 47.8 Å². The molecule has 0 bridgehead atoms. The Hall–Kier alpha value is -2.51. The van der Waals surface area contributed by atoms with Crippen LogP contribution in [0.3, 0.4) is 0 Å². The van der Waals surface area contributed by atoms with Gasteiger partial charge in [-0.1, -0.05) is 53.6 Å². The van der Waals surface area contributed by atoms with E-state index in [0.29, 0.717) is 22.9 Å². The van der Waals surface area contributed by atoms with E-state index in [1.165, 1.54) is 0 Å². The molecule has 156 valence electrons. The molecule has 0 saturated heterocycles. The van der Waals surface area contributed by atoms with Gasteiger partial charge < -0.3 is 4.57 Å². The standard InChI is InChI=1S/C26H29O3P/c1-16-12-18(3)23(19(4)13-16)25(27)30(29,22-10-8-7-9-11-22)26(28)24-20(5)14-17(2)15-21(24)6/h8,10-15H,7,9H2,1-6H3. The van der Waals surface area contributed by atoms with Crippen LogP contribution in [0.2, 0.25) is 0 Å². The molecule has 0 N–H and O–H groups in total. The lowest BCUT2D eigenvalue weighted by Crippen LogP contribution is -2.16. The largest absolute Gasteiger partial charge is 0.302 e. The fourth-order valence-corrected chi connectivity index (χ4v) is 7.20. The average Bonchev–Trinajstić information content (AvgIpc) is 2.66. The number of allylic oxidation sites excluding steroid dienone is 4. The van der Waals surface area contributed by atoms with Gasteiger partial charge in [-0.2, -0.15) is 0 Å². The number of rotatable bonds is 5. The molecule has 0 atom stereocenters. The van der Waals surface area contributed by atoms with E-state index >= 15 is 0 Å². The van der Waals surface area contributed by atoms with Gasteiger partial charge in [-0.05, 0) is 76.6 Å². The van der Waals surface area contributed by atoms with Gasteiger partial charge >= 0.3 is 0 Å². The first kappa shape index (κ1) is 22.2. The molecule has 0 amide bonds. The highest BCUT2D eigenvalue weighted by molar-refractivity contribution is 7.98. The molecule has 0 heterocycles. The van der Waals surface area contributed by atoms with Crippen LogP contribution < -0.4 is 0 Å². The van der Waals surface area contributed by atoms with E-state index in [1.807, 2.05) is 71.9 Å². The van der Waals surface area contributed by atoms with Crippen molar-refractivity contribution in [2.75, 3.05) is 0 Å². The molecule has 2 aromatic rings. The second-order valence-corrected chi connectivity index (χ2v) is 10.9. The lowest BCUT2D eigenvalue weighted by atomic mass is 10.0. The third-order valence-electron chi connectivity index (χ3n) is 5.69. The van der Waals surface area contributed by atoms with Crippen LogP contribution in [0.5, 0.6) is 0 Å². The first-order valence-corrected chi connectivity index (χ1v) is 12.0. The molecule has 0 fully saturated rings. The zero-order chi connectivity index (χ0) is 22.2. The molecule has 0 radical (unpaired) electrons. The van der Waals surface area contributed by atoms with Crippen molar-refractivity contribution in [1.29, 1.82) is 0 Å². The maximum atomic E-state index is 14.5. The minimum Gasteiger partial charge on any atom is -0.302 e. The van der Waals surface area contributed by atoms with Crippen molar-refractivity contribution in [3.8, 4) is 0 Å². The number of carbonyl (C=O) groups is 2. The SMILES string of the molecule is Cc1cc(C)c(C(=O)P(=O)(C(=O)c2c(C)cc(C)cc2C)C2=CCCC=C2)c(C)c1. The van der Waals surface area contributed by atoms with Crippen molar-refractivity contribution < 1.29 is 14.2 Å². The summed E-state index contributed by atoms with van der Waals surface area (Å²) in [7, 11) is -4.06. The zero-order valence-electron chi connectivity index (χ0n) is 18.6. The van der Waals surface area contributed by atoms with Gasteiger partial charge in [-0.15, -0.1) is 0 Å². The van der Waals surface area contributed by atoms with Gasteiger partial charge in [0.05, 0.1) is 0 Å². The molecular weight excluding hydrogens is 391 g/mol.